The van der Waals surface area contributed by atoms with Crippen LogP contribution in [0.4, 0.5) is 0 Å². The molecular weight excluding hydrogens is 364 g/mol. The van der Waals surface area contributed by atoms with Crippen LogP contribution < -0.4 is 0 Å². The summed E-state index contributed by atoms with van der Waals surface area (Å²) in [5, 5.41) is 4.25. The van der Waals surface area contributed by atoms with Gasteiger partial charge in [0.05, 0.1) is 13.2 Å². The summed E-state index contributed by atoms with van der Waals surface area (Å²) in [6, 6.07) is 20.4. The Morgan fingerprint density at radius 3 is 2.34 bits per heavy atom. The van der Waals surface area contributed by atoms with Gasteiger partial charge in [0.25, 0.3) is 0 Å². The number of fused-ring (bicyclic) bond motifs is 1. The zero-order valence-electron chi connectivity index (χ0n) is 17.3. The molecule has 2 aromatic carbocycles. The second-order valence-corrected chi connectivity index (χ2v) is 7.87. The van der Waals surface area contributed by atoms with E-state index in [0.717, 1.165) is 16.7 Å². The van der Waals surface area contributed by atoms with Crippen LogP contribution >= 0.6 is 0 Å². The van der Waals surface area contributed by atoms with Gasteiger partial charge in [0.15, 0.2) is 5.71 Å². The molecule has 29 heavy (non-hydrogen) atoms. The van der Waals surface area contributed by atoms with Crippen molar-refractivity contribution >= 4 is 17.3 Å². The van der Waals surface area contributed by atoms with Crippen LogP contribution in [0.2, 0.25) is 0 Å². The third-order valence-electron chi connectivity index (χ3n) is 5.88. The van der Waals surface area contributed by atoms with Crippen LogP contribution in [0.3, 0.4) is 0 Å². The molecule has 5 nitrogen and oxygen atoms in total. The molecule has 0 fully saturated rings. The molecule has 0 aromatic heterocycles. The van der Waals surface area contributed by atoms with Crippen molar-refractivity contribution in [1.29, 1.82) is 0 Å². The zero-order valence-corrected chi connectivity index (χ0v) is 17.3. The minimum absolute atomic E-state index is 0.286. The van der Waals surface area contributed by atoms with Crippen molar-refractivity contribution in [2.24, 2.45) is 5.16 Å². The quantitative estimate of drug-likeness (QED) is 0.728. The molecule has 4 rings (SSSR count). The fourth-order valence-electron chi connectivity index (χ4n) is 4.67. The van der Waals surface area contributed by atoms with Crippen LogP contribution in [0.25, 0.3) is 5.57 Å². The summed E-state index contributed by atoms with van der Waals surface area (Å²) in [5.41, 5.74) is 3.41. The van der Waals surface area contributed by atoms with Crippen LogP contribution in [-0.4, -0.2) is 35.3 Å². The fraction of sp³-hybridized carbons (Fsp3) is 0.333. The first-order valence-corrected chi connectivity index (χ1v) is 9.95. The Morgan fingerprint density at radius 1 is 1.10 bits per heavy atom. The molecule has 2 aromatic rings. The standard InChI is InChI=1S/C24H26N2O3/c1-5-28-22(27)20-16-26-23(3,4)21(18-12-8-6-9-13-18)17(2)24(26,29-25-20)19-14-10-7-11-15-19/h6-15H,5,16H2,1-4H3. The average Bonchev–Trinajstić information content (AvgIpc) is 2.92. The Bertz CT molecular complexity index is 980. The maximum Gasteiger partial charge on any atom is 0.357 e. The van der Waals surface area contributed by atoms with Gasteiger partial charge in [-0.25, -0.2) is 9.69 Å². The second kappa shape index (κ2) is 7.16. The molecule has 0 saturated heterocycles. The minimum Gasteiger partial charge on any atom is -0.461 e. The summed E-state index contributed by atoms with van der Waals surface area (Å²) in [7, 11) is 0. The van der Waals surface area contributed by atoms with E-state index >= 15 is 0 Å². The van der Waals surface area contributed by atoms with E-state index in [9.17, 15) is 4.79 Å². The Balaban J connectivity index is 1.91. The number of rotatable bonds is 4. The number of benzene rings is 2. The minimum atomic E-state index is -0.869. The number of hydrogen-bond acceptors (Lipinski definition) is 5. The molecule has 1 unspecified atom stereocenters. The van der Waals surface area contributed by atoms with Crippen LogP contribution in [0.15, 0.2) is 71.4 Å². The summed E-state index contributed by atoms with van der Waals surface area (Å²) >= 11 is 0. The Morgan fingerprint density at radius 2 is 1.72 bits per heavy atom. The number of esters is 1. The molecule has 0 amide bonds. The van der Waals surface area contributed by atoms with Gasteiger partial charge in [-0.15, -0.1) is 0 Å². The number of oxime groups is 1. The van der Waals surface area contributed by atoms with Crippen molar-refractivity contribution in [3.63, 3.8) is 0 Å². The first-order chi connectivity index (χ1) is 13.9. The van der Waals surface area contributed by atoms with E-state index in [0.29, 0.717) is 13.2 Å². The van der Waals surface area contributed by atoms with Gasteiger partial charge < -0.3 is 9.57 Å². The van der Waals surface area contributed by atoms with Gasteiger partial charge in [-0.1, -0.05) is 65.8 Å². The molecule has 1 atom stereocenters. The van der Waals surface area contributed by atoms with E-state index < -0.39 is 17.2 Å². The molecule has 0 saturated carbocycles. The van der Waals surface area contributed by atoms with Crippen molar-refractivity contribution in [2.75, 3.05) is 13.2 Å². The maximum absolute atomic E-state index is 12.4. The smallest absolute Gasteiger partial charge is 0.357 e. The largest absolute Gasteiger partial charge is 0.461 e. The van der Waals surface area contributed by atoms with Gasteiger partial charge in [0.1, 0.15) is 0 Å². The highest BCUT2D eigenvalue weighted by Crippen LogP contribution is 2.55. The topological polar surface area (TPSA) is 51.1 Å². The lowest BCUT2D eigenvalue weighted by molar-refractivity contribution is -0.159. The Kier molecular flexibility index (Phi) is 4.79. The normalized spacial score (nSPS) is 23.2. The van der Waals surface area contributed by atoms with Gasteiger partial charge in [0.2, 0.25) is 5.72 Å². The lowest BCUT2D eigenvalue weighted by atomic mass is 9.86. The van der Waals surface area contributed by atoms with Gasteiger partial charge in [-0.2, -0.15) is 0 Å². The summed E-state index contributed by atoms with van der Waals surface area (Å²) in [5.74, 6) is -0.434. The van der Waals surface area contributed by atoms with Crippen LogP contribution in [0.5, 0.6) is 0 Å². The highest BCUT2D eigenvalue weighted by molar-refractivity contribution is 6.37. The van der Waals surface area contributed by atoms with E-state index in [4.69, 9.17) is 9.57 Å². The number of ether oxygens (including phenoxy) is 1. The molecule has 0 bridgehead atoms. The van der Waals surface area contributed by atoms with Crippen molar-refractivity contribution in [2.45, 2.75) is 39.0 Å². The Labute approximate surface area is 171 Å². The summed E-state index contributed by atoms with van der Waals surface area (Å²) < 4.78 is 5.18. The highest BCUT2D eigenvalue weighted by Gasteiger charge is 2.60. The summed E-state index contributed by atoms with van der Waals surface area (Å²) in [6.45, 7) is 8.87. The lowest BCUT2D eigenvalue weighted by Crippen LogP contribution is -2.58. The highest BCUT2D eigenvalue weighted by atomic mass is 16.7. The summed E-state index contributed by atoms with van der Waals surface area (Å²) in [4.78, 5) is 20.8. The van der Waals surface area contributed by atoms with Gasteiger partial charge in [-0.3, -0.25) is 0 Å². The molecule has 2 aliphatic rings. The van der Waals surface area contributed by atoms with E-state index in [1.807, 2.05) is 48.5 Å². The predicted molar refractivity (Wildman–Crippen MR) is 113 cm³/mol. The van der Waals surface area contributed by atoms with Crippen LogP contribution in [-0.2, 0) is 20.1 Å². The van der Waals surface area contributed by atoms with Crippen LogP contribution in [0.1, 0.15) is 38.8 Å². The van der Waals surface area contributed by atoms with Gasteiger partial charge in [0, 0.05) is 11.1 Å². The predicted octanol–water partition coefficient (Wildman–Crippen LogP) is 4.36. The zero-order chi connectivity index (χ0) is 20.6. The Hall–Kier alpha value is -2.92. The second-order valence-electron chi connectivity index (χ2n) is 7.87. The van der Waals surface area contributed by atoms with Crippen LogP contribution in [0, 0.1) is 0 Å². The third kappa shape index (κ3) is 2.88. The molecule has 5 heteroatoms. The van der Waals surface area contributed by atoms with Crippen molar-refractivity contribution in [1.82, 2.24) is 4.90 Å². The van der Waals surface area contributed by atoms with Crippen molar-refractivity contribution in [3.8, 4) is 0 Å². The van der Waals surface area contributed by atoms with E-state index in [2.05, 4.69) is 43.0 Å². The number of carbonyl (C=O) groups is 1. The molecule has 0 N–H and O–H groups in total. The molecule has 2 heterocycles. The molecular formula is C24H26N2O3. The SMILES string of the molecule is CCOC(=O)C1=NOC2(c3ccccc3)C(C)=C(c3ccccc3)C(C)(C)N2C1. The number of hydrogen-bond donors (Lipinski definition) is 0. The first-order valence-electron chi connectivity index (χ1n) is 9.95. The van der Waals surface area contributed by atoms with Gasteiger partial charge >= 0.3 is 5.97 Å². The number of carbonyl (C=O) groups excluding carboxylic acids is 1. The van der Waals surface area contributed by atoms with E-state index in [1.165, 1.54) is 5.57 Å². The van der Waals surface area contributed by atoms with Crippen molar-refractivity contribution in [3.05, 3.63) is 77.4 Å². The van der Waals surface area contributed by atoms with E-state index in [-0.39, 0.29) is 5.71 Å². The first kappa shape index (κ1) is 19.4. The summed E-state index contributed by atoms with van der Waals surface area (Å²) in [6.07, 6.45) is 0. The third-order valence-corrected chi connectivity index (χ3v) is 5.88. The molecule has 0 aliphatic carbocycles. The molecule has 150 valence electrons. The number of nitrogens with zero attached hydrogens (tertiary/aromatic N) is 2. The monoisotopic (exact) mass is 390 g/mol. The maximum atomic E-state index is 12.4. The molecule has 0 radical (unpaired) electrons. The van der Waals surface area contributed by atoms with E-state index in [1.54, 1.807) is 6.92 Å². The van der Waals surface area contributed by atoms with Gasteiger partial charge in [-0.05, 0) is 44.4 Å². The lowest BCUT2D eigenvalue weighted by Gasteiger charge is -2.46. The molecule has 0 spiro atoms. The van der Waals surface area contributed by atoms with Crippen molar-refractivity contribution < 1.29 is 14.4 Å². The average molecular weight is 390 g/mol. The fourth-order valence-corrected chi connectivity index (χ4v) is 4.67. The molecule has 2 aliphatic heterocycles.